The van der Waals surface area contributed by atoms with Gasteiger partial charge in [0.15, 0.2) is 0 Å². The smallest absolute Gasteiger partial charge is 0.242 e. The third-order valence-electron chi connectivity index (χ3n) is 3.95. The van der Waals surface area contributed by atoms with Crippen molar-refractivity contribution in [2.45, 2.75) is 38.6 Å². The summed E-state index contributed by atoms with van der Waals surface area (Å²) in [4.78, 5) is 34.9. The van der Waals surface area contributed by atoms with Crippen LogP contribution in [0.2, 0.25) is 0 Å². The average Bonchev–Trinajstić information content (AvgIpc) is 2.63. The van der Waals surface area contributed by atoms with Crippen LogP contribution in [0.1, 0.15) is 26.3 Å². The standard InChI is InChI=1S/C20H24N4O5S/c1-12-5-10-18(22-15(4)26)19(11-12)23-20(27)13(2)24-30(28,29)17-8-6-16(7-9-17)21-14(3)25/h5-11,13,24H,1-4H3,(H,21,25)(H,22,26)(H,23,27)/t13-/m0/s1. The van der Waals surface area contributed by atoms with Crippen molar-refractivity contribution < 1.29 is 22.8 Å². The van der Waals surface area contributed by atoms with Crippen LogP contribution in [-0.2, 0) is 24.4 Å². The average molecular weight is 433 g/mol. The maximum absolute atomic E-state index is 12.6. The molecule has 0 bridgehead atoms. The number of hydrogen-bond donors (Lipinski definition) is 4. The molecule has 30 heavy (non-hydrogen) atoms. The topological polar surface area (TPSA) is 133 Å². The molecule has 0 fully saturated rings. The van der Waals surface area contributed by atoms with Crippen molar-refractivity contribution in [1.82, 2.24) is 4.72 Å². The molecule has 0 aliphatic rings. The van der Waals surface area contributed by atoms with Crippen LogP contribution < -0.4 is 20.7 Å². The van der Waals surface area contributed by atoms with Gasteiger partial charge in [0.25, 0.3) is 0 Å². The summed E-state index contributed by atoms with van der Waals surface area (Å²) in [6, 6.07) is 9.57. The Morgan fingerprint density at radius 3 is 2.00 bits per heavy atom. The number of amides is 3. The van der Waals surface area contributed by atoms with E-state index in [1.54, 1.807) is 18.2 Å². The van der Waals surface area contributed by atoms with E-state index >= 15 is 0 Å². The van der Waals surface area contributed by atoms with Crippen molar-refractivity contribution in [3.63, 3.8) is 0 Å². The van der Waals surface area contributed by atoms with Crippen LogP contribution in [0, 0.1) is 6.92 Å². The molecule has 2 rings (SSSR count). The first-order chi connectivity index (χ1) is 14.0. The van der Waals surface area contributed by atoms with E-state index in [1.807, 2.05) is 6.92 Å². The highest BCUT2D eigenvalue weighted by Crippen LogP contribution is 2.23. The van der Waals surface area contributed by atoms with Crippen LogP contribution in [0.5, 0.6) is 0 Å². The lowest BCUT2D eigenvalue weighted by molar-refractivity contribution is -0.117. The summed E-state index contributed by atoms with van der Waals surface area (Å²) in [5.41, 5.74) is 2.08. The lowest BCUT2D eigenvalue weighted by atomic mass is 10.2. The van der Waals surface area contributed by atoms with Gasteiger partial charge in [0, 0.05) is 19.5 Å². The van der Waals surface area contributed by atoms with Crippen molar-refractivity contribution in [3.05, 3.63) is 48.0 Å². The Bertz CT molecular complexity index is 1070. The van der Waals surface area contributed by atoms with E-state index in [2.05, 4.69) is 20.7 Å². The van der Waals surface area contributed by atoms with Gasteiger partial charge in [-0.2, -0.15) is 4.72 Å². The fraction of sp³-hybridized carbons (Fsp3) is 0.250. The number of carbonyl (C=O) groups excluding carboxylic acids is 3. The Morgan fingerprint density at radius 2 is 1.43 bits per heavy atom. The molecule has 4 N–H and O–H groups in total. The van der Waals surface area contributed by atoms with E-state index in [9.17, 15) is 22.8 Å². The predicted octanol–water partition coefficient (Wildman–Crippen LogP) is 2.22. The molecule has 0 aromatic heterocycles. The molecule has 0 aliphatic carbocycles. The maximum atomic E-state index is 12.6. The molecule has 0 saturated carbocycles. The molecular weight excluding hydrogens is 408 g/mol. The summed E-state index contributed by atoms with van der Waals surface area (Å²) in [5, 5.41) is 7.79. The van der Waals surface area contributed by atoms with Crippen molar-refractivity contribution in [1.29, 1.82) is 0 Å². The van der Waals surface area contributed by atoms with Crippen LogP contribution in [0.4, 0.5) is 17.1 Å². The molecule has 0 saturated heterocycles. The minimum Gasteiger partial charge on any atom is -0.326 e. The molecule has 2 aromatic rings. The molecule has 2 aromatic carbocycles. The molecule has 9 nitrogen and oxygen atoms in total. The predicted molar refractivity (Wildman–Crippen MR) is 115 cm³/mol. The fourth-order valence-electron chi connectivity index (χ4n) is 2.58. The first-order valence-corrected chi connectivity index (χ1v) is 10.6. The number of anilines is 3. The van der Waals surface area contributed by atoms with Gasteiger partial charge >= 0.3 is 0 Å². The Hall–Kier alpha value is -3.24. The van der Waals surface area contributed by atoms with E-state index in [-0.39, 0.29) is 16.7 Å². The molecule has 10 heteroatoms. The molecule has 0 heterocycles. The molecule has 1 atom stereocenters. The highest BCUT2D eigenvalue weighted by atomic mass is 32.2. The van der Waals surface area contributed by atoms with Crippen molar-refractivity contribution in [3.8, 4) is 0 Å². The Labute approximate surface area is 175 Å². The van der Waals surface area contributed by atoms with Gasteiger partial charge in [-0.3, -0.25) is 14.4 Å². The van der Waals surface area contributed by atoms with E-state index < -0.39 is 22.0 Å². The van der Waals surface area contributed by atoms with Gasteiger partial charge in [0.1, 0.15) is 0 Å². The molecule has 0 aliphatic heterocycles. The van der Waals surface area contributed by atoms with Gasteiger partial charge in [0.05, 0.1) is 22.3 Å². The number of benzene rings is 2. The second-order valence-electron chi connectivity index (χ2n) is 6.77. The van der Waals surface area contributed by atoms with E-state index in [0.29, 0.717) is 17.1 Å². The van der Waals surface area contributed by atoms with Gasteiger partial charge < -0.3 is 16.0 Å². The molecule has 0 spiro atoms. The SMILES string of the molecule is CC(=O)Nc1ccc(S(=O)(=O)N[C@@H](C)C(=O)Nc2cc(C)ccc2NC(C)=O)cc1. The van der Waals surface area contributed by atoms with Crippen LogP contribution >= 0.6 is 0 Å². The second kappa shape index (κ2) is 9.51. The zero-order valence-electron chi connectivity index (χ0n) is 17.1. The van der Waals surface area contributed by atoms with Gasteiger partial charge in [-0.1, -0.05) is 6.07 Å². The number of hydrogen-bond acceptors (Lipinski definition) is 5. The third-order valence-corrected chi connectivity index (χ3v) is 5.51. The van der Waals surface area contributed by atoms with Crippen LogP contribution in [-0.4, -0.2) is 32.2 Å². The van der Waals surface area contributed by atoms with E-state index in [0.717, 1.165) is 5.56 Å². The number of aryl methyl sites for hydroxylation is 1. The van der Waals surface area contributed by atoms with Crippen molar-refractivity contribution in [2.24, 2.45) is 0 Å². The van der Waals surface area contributed by atoms with Gasteiger partial charge in [-0.15, -0.1) is 0 Å². The molecule has 0 unspecified atom stereocenters. The van der Waals surface area contributed by atoms with Crippen LogP contribution in [0.25, 0.3) is 0 Å². The highest BCUT2D eigenvalue weighted by molar-refractivity contribution is 7.89. The lowest BCUT2D eigenvalue weighted by Gasteiger charge is -2.17. The summed E-state index contributed by atoms with van der Waals surface area (Å²) >= 11 is 0. The molecule has 0 radical (unpaired) electrons. The van der Waals surface area contributed by atoms with Crippen molar-refractivity contribution in [2.75, 3.05) is 16.0 Å². The Kier molecular flexibility index (Phi) is 7.30. The zero-order chi connectivity index (χ0) is 22.5. The van der Waals surface area contributed by atoms with Gasteiger partial charge in [-0.25, -0.2) is 8.42 Å². The lowest BCUT2D eigenvalue weighted by Crippen LogP contribution is -2.41. The quantitative estimate of drug-likeness (QED) is 0.532. The van der Waals surface area contributed by atoms with Gasteiger partial charge in [-0.05, 0) is 55.8 Å². The fourth-order valence-corrected chi connectivity index (χ4v) is 3.78. The normalized spacial score (nSPS) is 12.0. The number of nitrogens with one attached hydrogen (secondary N) is 4. The summed E-state index contributed by atoms with van der Waals surface area (Å²) in [5.74, 6) is -1.17. The van der Waals surface area contributed by atoms with Crippen LogP contribution in [0.15, 0.2) is 47.4 Å². The second-order valence-corrected chi connectivity index (χ2v) is 8.48. The first-order valence-electron chi connectivity index (χ1n) is 9.07. The largest absolute Gasteiger partial charge is 0.326 e. The van der Waals surface area contributed by atoms with Crippen molar-refractivity contribution >= 4 is 44.8 Å². The maximum Gasteiger partial charge on any atom is 0.242 e. The van der Waals surface area contributed by atoms with Crippen LogP contribution in [0.3, 0.4) is 0 Å². The summed E-state index contributed by atoms with van der Waals surface area (Å²) in [6.45, 7) is 5.92. The molecule has 160 valence electrons. The number of sulfonamides is 1. The molecular formula is C20H24N4O5S. The molecule has 3 amide bonds. The number of rotatable bonds is 7. The number of carbonyl (C=O) groups is 3. The summed E-state index contributed by atoms with van der Waals surface area (Å²) in [6.07, 6.45) is 0. The third kappa shape index (κ3) is 6.39. The zero-order valence-corrected chi connectivity index (χ0v) is 17.9. The minimum absolute atomic E-state index is 0.0502. The summed E-state index contributed by atoms with van der Waals surface area (Å²) < 4.78 is 27.4. The highest BCUT2D eigenvalue weighted by Gasteiger charge is 2.23. The first kappa shape index (κ1) is 23.0. The monoisotopic (exact) mass is 432 g/mol. The van der Waals surface area contributed by atoms with E-state index in [4.69, 9.17) is 0 Å². The Balaban J connectivity index is 2.12. The minimum atomic E-state index is -3.97. The van der Waals surface area contributed by atoms with E-state index in [1.165, 1.54) is 45.0 Å². The Morgan fingerprint density at radius 1 is 0.833 bits per heavy atom. The van der Waals surface area contributed by atoms with Gasteiger partial charge in [0.2, 0.25) is 27.7 Å². The summed E-state index contributed by atoms with van der Waals surface area (Å²) in [7, 11) is -3.97.